The van der Waals surface area contributed by atoms with Crippen LogP contribution in [-0.2, 0) is 11.3 Å². The van der Waals surface area contributed by atoms with Crippen molar-refractivity contribution in [1.82, 2.24) is 15.0 Å². The number of carbonyl (C=O) groups is 2. The number of rotatable bonds is 5. The van der Waals surface area contributed by atoms with Gasteiger partial charge in [0.25, 0.3) is 5.91 Å². The number of nitrogens with one attached hydrogen (secondary N) is 2. The van der Waals surface area contributed by atoms with E-state index in [0.29, 0.717) is 16.4 Å². The maximum atomic E-state index is 12.4. The zero-order valence-electron chi connectivity index (χ0n) is 14.9. The summed E-state index contributed by atoms with van der Waals surface area (Å²) in [6, 6.07) is 14.4. The summed E-state index contributed by atoms with van der Waals surface area (Å²) in [5.41, 5.74) is 2.80. The van der Waals surface area contributed by atoms with Crippen LogP contribution in [0.3, 0.4) is 0 Å². The molecule has 0 radical (unpaired) electrons. The Morgan fingerprint density at radius 2 is 1.67 bits per heavy atom. The van der Waals surface area contributed by atoms with Crippen molar-refractivity contribution in [2.75, 3.05) is 10.6 Å². The number of aromatic nitrogens is 3. The highest BCUT2D eigenvalue weighted by atomic mass is 35.5. The van der Waals surface area contributed by atoms with Gasteiger partial charge in [0.1, 0.15) is 6.54 Å². The Balaban J connectivity index is 1.69. The van der Waals surface area contributed by atoms with Crippen molar-refractivity contribution in [3.63, 3.8) is 0 Å². The molecule has 0 aliphatic heterocycles. The quantitative estimate of drug-likeness (QED) is 0.706. The van der Waals surface area contributed by atoms with Crippen LogP contribution in [0.25, 0.3) is 0 Å². The van der Waals surface area contributed by atoms with Gasteiger partial charge in [0.05, 0.1) is 16.4 Å². The minimum absolute atomic E-state index is 0.0491. The van der Waals surface area contributed by atoms with Crippen molar-refractivity contribution in [2.45, 2.75) is 20.4 Å². The molecule has 2 amide bonds. The molecule has 1 heterocycles. The van der Waals surface area contributed by atoms with Crippen LogP contribution in [0.2, 0.25) is 5.02 Å². The second-order valence-electron chi connectivity index (χ2n) is 5.98. The van der Waals surface area contributed by atoms with Crippen LogP contribution in [0.1, 0.15) is 21.7 Å². The minimum Gasteiger partial charge on any atom is -0.324 e. The van der Waals surface area contributed by atoms with Gasteiger partial charge in [-0.1, -0.05) is 47.1 Å². The number of para-hydroxylation sites is 2. The Bertz CT molecular complexity index is 999. The fraction of sp³-hybridized carbons (Fsp3) is 0.158. The van der Waals surface area contributed by atoms with E-state index in [0.717, 1.165) is 11.3 Å². The molecule has 2 aromatic carbocycles. The molecule has 0 bridgehead atoms. The standard InChI is InChI=1S/C19H18ClN5O2/c1-12-7-3-5-9-15(12)21-17(26)11-25-13(2)18(23-24-25)19(27)22-16-10-6-4-8-14(16)20/h3-10H,11H2,1-2H3,(H,21,26)(H,22,27). The molecule has 0 fully saturated rings. The van der Waals surface area contributed by atoms with E-state index in [4.69, 9.17) is 11.6 Å². The van der Waals surface area contributed by atoms with E-state index in [1.165, 1.54) is 4.68 Å². The van der Waals surface area contributed by atoms with Gasteiger partial charge in [0.2, 0.25) is 5.91 Å². The molecule has 138 valence electrons. The van der Waals surface area contributed by atoms with Crippen molar-refractivity contribution >= 4 is 34.8 Å². The number of aryl methyl sites for hydroxylation is 1. The first-order chi connectivity index (χ1) is 13.0. The van der Waals surface area contributed by atoms with Crippen molar-refractivity contribution in [3.05, 3.63) is 70.5 Å². The summed E-state index contributed by atoms with van der Waals surface area (Å²) in [4.78, 5) is 24.7. The van der Waals surface area contributed by atoms with Gasteiger partial charge < -0.3 is 10.6 Å². The number of carbonyl (C=O) groups excluding carboxylic acids is 2. The average Bonchev–Trinajstić information content (AvgIpc) is 2.99. The van der Waals surface area contributed by atoms with Gasteiger partial charge in [0, 0.05) is 5.69 Å². The largest absolute Gasteiger partial charge is 0.324 e. The van der Waals surface area contributed by atoms with Gasteiger partial charge in [-0.05, 0) is 37.6 Å². The molecule has 3 rings (SSSR count). The first kappa shape index (κ1) is 18.6. The van der Waals surface area contributed by atoms with Crippen molar-refractivity contribution in [1.29, 1.82) is 0 Å². The van der Waals surface area contributed by atoms with Crippen LogP contribution >= 0.6 is 11.6 Å². The Labute approximate surface area is 161 Å². The van der Waals surface area contributed by atoms with E-state index in [1.807, 2.05) is 31.2 Å². The number of hydrogen-bond acceptors (Lipinski definition) is 4. The minimum atomic E-state index is -0.439. The first-order valence-electron chi connectivity index (χ1n) is 8.27. The molecule has 0 saturated carbocycles. The average molecular weight is 384 g/mol. The molecule has 7 nitrogen and oxygen atoms in total. The normalized spacial score (nSPS) is 10.5. The molecule has 2 N–H and O–H groups in total. The molecular weight excluding hydrogens is 366 g/mol. The number of nitrogens with zero attached hydrogens (tertiary/aromatic N) is 3. The number of benzene rings is 2. The number of halogens is 1. The molecule has 8 heteroatoms. The smallest absolute Gasteiger partial charge is 0.278 e. The van der Waals surface area contributed by atoms with Gasteiger partial charge in [-0.3, -0.25) is 9.59 Å². The lowest BCUT2D eigenvalue weighted by Crippen LogP contribution is -2.21. The summed E-state index contributed by atoms with van der Waals surface area (Å²) in [5.74, 6) is -0.693. The lowest BCUT2D eigenvalue weighted by atomic mass is 10.2. The van der Waals surface area contributed by atoms with Crippen LogP contribution in [0, 0.1) is 13.8 Å². The Hall–Kier alpha value is -3.19. The summed E-state index contributed by atoms with van der Waals surface area (Å²) in [5, 5.41) is 13.8. The molecular formula is C19H18ClN5O2. The van der Waals surface area contributed by atoms with E-state index in [9.17, 15) is 9.59 Å². The lowest BCUT2D eigenvalue weighted by Gasteiger charge is -2.09. The zero-order valence-corrected chi connectivity index (χ0v) is 15.6. The summed E-state index contributed by atoms with van der Waals surface area (Å²) in [6.45, 7) is 3.54. The van der Waals surface area contributed by atoms with Crippen molar-refractivity contribution < 1.29 is 9.59 Å². The highest BCUT2D eigenvalue weighted by Gasteiger charge is 2.19. The number of anilines is 2. The van der Waals surface area contributed by atoms with Gasteiger partial charge in [-0.2, -0.15) is 0 Å². The van der Waals surface area contributed by atoms with Crippen molar-refractivity contribution in [3.8, 4) is 0 Å². The Kier molecular flexibility index (Phi) is 5.52. The number of amides is 2. The van der Waals surface area contributed by atoms with Crippen LogP contribution in [0.5, 0.6) is 0 Å². The van der Waals surface area contributed by atoms with E-state index < -0.39 is 5.91 Å². The third-order valence-corrected chi connectivity index (χ3v) is 4.36. The van der Waals surface area contributed by atoms with Gasteiger partial charge in [-0.25, -0.2) is 4.68 Å². The van der Waals surface area contributed by atoms with Crippen molar-refractivity contribution in [2.24, 2.45) is 0 Å². The molecule has 0 spiro atoms. The topological polar surface area (TPSA) is 88.9 Å². The van der Waals surface area contributed by atoms with Crippen LogP contribution < -0.4 is 10.6 Å². The second-order valence-corrected chi connectivity index (χ2v) is 6.39. The van der Waals surface area contributed by atoms with Gasteiger partial charge in [-0.15, -0.1) is 5.10 Å². The fourth-order valence-electron chi connectivity index (χ4n) is 2.50. The predicted octanol–water partition coefficient (Wildman–Crippen LogP) is 3.44. The molecule has 27 heavy (non-hydrogen) atoms. The zero-order chi connectivity index (χ0) is 19.4. The SMILES string of the molecule is Cc1ccccc1NC(=O)Cn1nnc(C(=O)Nc2ccccc2Cl)c1C. The van der Waals surface area contributed by atoms with E-state index >= 15 is 0 Å². The summed E-state index contributed by atoms with van der Waals surface area (Å²) < 4.78 is 1.38. The first-order valence-corrected chi connectivity index (χ1v) is 8.65. The van der Waals surface area contributed by atoms with E-state index in [-0.39, 0.29) is 18.1 Å². The molecule has 0 atom stereocenters. The molecule has 0 saturated heterocycles. The van der Waals surface area contributed by atoms with Crippen LogP contribution in [0.15, 0.2) is 48.5 Å². The molecule has 3 aromatic rings. The Morgan fingerprint density at radius 1 is 1.00 bits per heavy atom. The fourth-order valence-corrected chi connectivity index (χ4v) is 2.69. The van der Waals surface area contributed by atoms with Gasteiger partial charge >= 0.3 is 0 Å². The van der Waals surface area contributed by atoms with Crippen LogP contribution in [0.4, 0.5) is 11.4 Å². The summed E-state index contributed by atoms with van der Waals surface area (Å²) >= 11 is 6.05. The molecule has 0 aliphatic rings. The highest BCUT2D eigenvalue weighted by Crippen LogP contribution is 2.21. The maximum Gasteiger partial charge on any atom is 0.278 e. The second kappa shape index (κ2) is 8.01. The predicted molar refractivity (Wildman–Crippen MR) is 104 cm³/mol. The van der Waals surface area contributed by atoms with E-state index in [1.54, 1.807) is 31.2 Å². The lowest BCUT2D eigenvalue weighted by molar-refractivity contribution is -0.117. The molecule has 1 aromatic heterocycles. The molecule has 0 aliphatic carbocycles. The Morgan fingerprint density at radius 3 is 2.37 bits per heavy atom. The van der Waals surface area contributed by atoms with Gasteiger partial charge in [0.15, 0.2) is 5.69 Å². The third kappa shape index (κ3) is 4.32. The summed E-state index contributed by atoms with van der Waals surface area (Å²) in [7, 11) is 0. The van der Waals surface area contributed by atoms with Crippen LogP contribution in [-0.4, -0.2) is 26.8 Å². The summed E-state index contributed by atoms with van der Waals surface area (Å²) in [6.07, 6.45) is 0. The molecule has 0 unspecified atom stereocenters. The number of hydrogen-bond donors (Lipinski definition) is 2. The monoisotopic (exact) mass is 383 g/mol. The highest BCUT2D eigenvalue weighted by molar-refractivity contribution is 6.33. The third-order valence-electron chi connectivity index (χ3n) is 4.03. The maximum absolute atomic E-state index is 12.4. The van der Waals surface area contributed by atoms with E-state index in [2.05, 4.69) is 20.9 Å².